The summed E-state index contributed by atoms with van der Waals surface area (Å²) in [7, 11) is 0. The van der Waals surface area contributed by atoms with Crippen LogP contribution in [-0.2, 0) is 15.8 Å². The number of halogens is 5. The van der Waals surface area contributed by atoms with E-state index in [2.05, 4.69) is 31.8 Å². The van der Waals surface area contributed by atoms with E-state index in [4.69, 9.17) is 16.3 Å². The molecule has 0 atom stereocenters. The number of hydrogen-bond acceptors (Lipinski definition) is 4. The first kappa shape index (κ1) is 23.7. The SMILES string of the molecule is C/C(CC(=O)Nc1ccc(Cl)cc1C(F)(F)F)=N\NC(=O)COc1ccc(Br)cc1. The Kier molecular flexibility index (Phi) is 8.24. The minimum absolute atomic E-state index is 0.105. The third-order valence-corrected chi connectivity index (χ3v) is 4.30. The third kappa shape index (κ3) is 7.68. The summed E-state index contributed by atoms with van der Waals surface area (Å²) < 4.78 is 45.3. The molecule has 30 heavy (non-hydrogen) atoms. The Labute approximate surface area is 183 Å². The quantitative estimate of drug-likeness (QED) is 0.409. The highest BCUT2D eigenvalue weighted by Crippen LogP contribution is 2.36. The standard InChI is InChI=1S/C19H16BrClF3N3O3/c1-11(26-27-18(29)10-30-14-5-2-12(20)3-6-14)8-17(28)25-16-7-4-13(21)9-15(16)19(22,23)24/h2-7,9H,8,10H2,1H3,(H,25,28)(H,27,29)/b26-11+. The van der Waals surface area contributed by atoms with E-state index < -0.39 is 29.2 Å². The number of nitrogens with zero attached hydrogens (tertiary/aromatic N) is 1. The molecule has 2 aromatic carbocycles. The van der Waals surface area contributed by atoms with Gasteiger partial charge >= 0.3 is 6.18 Å². The number of carbonyl (C=O) groups excluding carboxylic acids is 2. The summed E-state index contributed by atoms with van der Waals surface area (Å²) >= 11 is 8.88. The van der Waals surface area contributed by atoms with Crippen molar-refractivity contribution in [2.75, 3.05) is 11.9 Å². The lowest BCUT2D eigenvalue weighted by molar-refractivity contribution is -0.137. The van der Waals surface area contributed by atoms with Crippen molar-refractivity contribution in [2.24, 2.45) is 5.10 Å². The van der Waals surface area contributed by atoms with Crippen LogP contribution in [0.4, 0.5) is 18.9 Å². The Morgan fingerprint density at radius 2 is 1.80 bits per heavy atom. The number of amides is 2. The summed E-state index contributed by atoms with van der Waals surface area (Å²) in [6.45, 7) is 1.15. The molecule has 0 heterocycles. The van der Waals surface area contributed by atoms with Crippen molar-refractivity contribution in [3.63, 3.8) is 0 Å². The number of hydrazone groups is 1. The first-order valence-corrected chi connectivity index (χ1v) is 9.58. The van der Waals surface area contributed by atoms with Gasteiger partial charge in [0.1, 0.15) is 5.75 Å². The molecule has 0 bridgehead atoms. The number of ether oxygens (including phenoxy) is 1. The van der Waals surface area contributed by atoms with E-state index in [-0.39, 0.29) is 23.8 Å². The predicted molar refractivity (Wildman–Crippen MR) is 111 cm³/mol. The molecule has 0 aliphatic rings. The molecule has 11 heteroatoms. The number of hydrogen-bond donors (Lipinski definition) is 2. The molecule has 2 aromatic rings. The van der Waals surface area contributed by atoms with Crippen LogP contribution in [0.1, 0.15) is 18.9 Å². The fraction of sp³-hybridized carbons (Fsp3) is 0.211. The lowest BCUT2D eigenvalue weighted by atomic mass is 10.1. The molecule has 0 saturated carbocycles. The highest BCUT2D eigenvalue weighted by molar-refractivity contribution is 9.10. The van der Waals surface area contributed by atoms with E-state index in [0.717, 1.165) is 16.6 Å². The van der Waals surface area contributed by atoms with Gasteiger partial charge in [0.05, 0.1) is 17.7 Å². The first-order chi connectivity index (χ1) is 14.0. The largest absolute Gasteiger partial charge is 0.484 e. The minimum Gasteiger partial charge on any atom is -0.484 e. The van der Waals surface area contributed by atoms with Gasteiger partial charge in [-0.2, -0.15) is 18.3 Å². The van der Waals surface area contributed by atoms with Crippen molar-refractivity contribution in [1.29, 1.82) is 0 Å². The van der Waals surface area contributed by atoms with Gasteiger partial charge in [0.2, 0.25) is 5.91 Å². The van der Waals surface area contributed by atoms with Gasteiger partial charge in [-0.15, -0.1) is 0 Å². The molecule has 2 rings (SSSR count). The second kappa shape index (κ2) is 10.4. The molecule has 0 aliphatic heterocycles. The molecule has 0 spiro atoms. The maximum atomic E-state index is 13.1. The smallest absolute Gasteiger partial charge is 0.418 e. The van der Waals surface area contributed by atoms with Crippen LogP contribution in [0.5, 0.6) is 5.75 Å². The molecule has 2 amide bonds. The van der Waals surface area contributed by atoms with Crippen LogP contribution in [0.2, 0.25) is 5.02 Å². The highest BCUT2D eigenvalue weighted by Gasteiger charge is 2.34. The predicted octanol–water partition coefficient (Wildman–Crippen LogP) is 5.02. The normalized spacial score (nSPS) is 11.7. The summed E-state index contributed by atoms with van der Waals surface area (Å²) in [5.41, 5.74) is 0.922. The van der Waals surface area contributed by atoms with Gasteiger partial charge in [0.25, 0.3) is 5.91 Å². The number of benzene rings is 2. The van der Waals surface area contributed by atoms with Crippen LogP contribution in [0, 0.1) is 0 Å². The first-order valence-electron chi connectivity index (χ1n) is 8.41. The van der Waals surface area contributed by atoms with Crippen molar-refractivity contribution in [2.45, 2.75) is 19.5 Å². The zero-order chi connectivity index (χ0) is 22.3. The molecule has 0 unspecified atom stereocenters. The monoisotopic (exact) mass is 505 g/mol. The second-order valence-corrected chi connectivity index (χ2v) is 7.39. The number of alkyl halides is 3. The molecule has 160 valence electrons. The molecule has 0 radical (unpaired) electrons. The summed E-state index contributed by atoms with van der Waals surface area (Å²) in [4.78, 5) is 23.8. The second-order valence-electron chi connectivity index (χ2n) is 6.04. The van der Waals surface area contributed by atoms with Crippen LogP contribution in [0.15, 0.2) is 52.0 Å². The summed E-state index contributed by atoms with van der Waals surface area (Å²) in [6.07, 6.45) is -5.01. The van der Waals surface area contributed by atoms with E-state index in [1.54, 1.807) is 24.3 Å². The van der Waals surface area contributed by atoms with Crippen molar-refractivity contribution in [3.05, 3.63) is 57.5 Å². The molecule has 0 saturated heterocycles. The van der Waals surface area contributed by atoms with Gasteiger partial charge < -0.3 is 10.1 Å². The Morgan fingerprint density at radius 1 is 1.13 bits per heavy atom. The van der Waals surface area contributed by atoms with Crippen LogP contribution in [0.3, 0.4) is 0 Å². The summed E-state index contributed by atoms with van der Waals surface area (Å²) in [6, 6.07) is 9.86. The summed E-state index contributed by atoms with van der Waals surface area (Å²) in [5.74, 6) is -0.809. The topological polar surface area (TPSA) is 79.8 Å². The van der Waals surface area contributed by atoms with E-state index in [1.165, 1.54) is 13.0 Å². The molecular formula is C19H16BrClF3N3O3. The van der Waals surface area contributed by atoms with Crippen LogP contribution >= 0.6 is 27.5 Å². The average molecular weight is 507 g/mol. The van der Waals surface area contributed by atoms with Gasteiger partial charge in [-0.25, -0.2) is 5.43 Å². The van der Waals surface area contributed by atoms with E-state index in [9.17, 15) is 22.8 Å². The van der Waals surface area contributed by atoms with E-state index in [1.807, 2.05) is 0 Å². The molecular weight excluding hydrogens is 491 g/mol. The maximum absolute atomic E-state index is 13.1. The lowest BCUT2D eigenvalue weighted by Crippen LogP contribution is -2.26. The molecule has 0 aromatic heterocycles. The Hall–Kier alpha value is -2.59. The number of rotatable bonds is 7. The average Bonchev–Trinajstić information content (AvgIpc) is 2.66. The Morgan fingerprint density at radius 3 is 2.43 bits per heavy atom. The van der Waals surface area contributed by atoms with Gasteiger partial charge in [0.15, 0.2) is 6.61 Å². The fourth-order valence-corrected chi connectivity index (χ4v) is 2.63. The zero-order valence-electron chi connectivity index (χ0n) is 15.5. The van der Waals surface area contributed by atoms with E-state index >= 15 is 0 Å². The van der Waals surface area contributed by atoms with Crippen LogP contribution < -0.4 is 15.5 Å². The third-order valence-electron chi connectivity index (χ3n) is 3.53. The van der Waals surface area contributed by atoms with E-state index in [0.29, 0.717) is 5.75 Å². The summed E-state index contributed by atoms with van der Waals surface area (Å²) in [5, 5.41) is 5.81. The fourth-order valence-electron chi connectivity index (χ4n) is 2.20. The van der Waals surface area contributed by atoms with Gasteiger partial charge in [0, 0.05) is 15.2 Å². The lowest BCUT2D eigenvalue weighted by Gasteiger charge is -2.14. The van der Waals surface area contributed by atoms with Crippen LogP contribution in [-0.4, -0.2) is 24.1 Å². The zero-order valence-corrected chi connectivity index (χ0v) is 17.9. The Bertz CT molecular complexity index is 950. The Balaban J connectivity index is 1.87. The number of carbonyl (C=O) groups is 2. The number of nitrogens with one attached hydrogen (secondary N) is 2. The van der Waals surface area contributed by atoms with Crippen LogP contribution in [0.25, 0.3) is 0 Å². The van der Waals surface area contributed by atoms with Crippen molar-refractivity contribution >= 4 is 50.7 Å². The van der Waals surface area contributed by atoms with Crippen molar-refractivity contribution < 1.29 is 27.5 Å². The molecule has 2 N–H and O–H groups in total. The molecule has 0 aliphatic carbocycles. The highest BCUT2D eigenvalue weighted by atomic mass is 79.9. The minimum atomic E-state index is -4.68. The molecule has 6 nitrogen and oxygen atoms in total. The maximum Gasteiger partial charge on any atom is 0.418 e. The molecule has 0 fully saturated rings. The van der Waals surface area contributed by atoms with Gasteiger partial charge in [-0.3, -0.25) is 9.59 Å². The van der Waals surface area contributed by atoms with Gasteiger partial charge in [-0.05, 0) is 49.4 Å². The van der Waals surface area contributed by atoms with Crippen molar-refractivity contribution in [3.8, 4) is 5.75 Å². The number of anilines is 1. The van der Waals surface area contributed by atoms with Gasteiger partial charge in [-0.1, -0.05) is 27.5 Å². The van der Waals surface area contributed by atoms with Crippen molar-refractivity contribution in [1.82, 2.24) is 5.43 Å².